The first-order valence-corrected chi connectivity index (χ1v) is 5.48. The molecule has 1 aromatic heterocycles. The van der Waals surface area contributed by atoms with E-state index in [0.717, 1.165) is 4.57 Å². The molecule has 0 radical (unpaired) electrons. The van der Waals surface area contributed by atoms with Crippen molar-refractivity contribution in [2.75, 3.05) is 19.0 Å². The molecule has 8 heteroatoms. The number of aromatic nitrogens is 2. The summed E-state index contributed by atoms with van der Waals surface area (Å²) in [5, 5.41) is 31.0. The fraction of sp³-hybridized carbons (Fsp3) is 0.600. The summed E-state index contributed by atoms with van der Waals surface area (Å²) in [7, 11) is 1.62. The second-order valence-electron chi connectivity index (χ2n) is 3.98. The first-order valence-electron chi connectivity index (χ1n) is 5.48. The lowest BCUT2D eigenvalue weighted by atomic mass is 10.1. The number of aliphatic hydroxyl groups is 3. The van der Waals surface area contributed by atoms with Crippen molar-refractivity contribution < 1.29 is 20.1 Å². The van der Waals surface area contributed by atoms with Gasteiger partial charge in [0.15, 0.2) is 6.23 Å². The zero-order chi connectivity index (χ0) is 13.3. The van der Waals surface area contributed by atoms with Crippen LogP contribution >= 0.6 is 0 Å². The molecule has 1 aromatic rings. The first-order chi connectivity index (χ1) is 8.58. The van der Waals surface area contributed by atoms with E-state index < -0.39 is 36.8 Å². The van der Waals surface area contributed by atoms with Crippen molar-refractivity contribution in [3.05, 3.63) is 22.7 Å². The summed E-state index contributed by atoms with van der Waals surface area (Å²) in [6, 6.07) is 1.54. The van der Waals surface area contributed by atoms with Crippen molar-refractivity contribution >= 4 is 5.82 Å². The molecule has 2 rings (SSSR count). The van der Waals surface area contributed by atoms with Crippen LogP contribution in [-0.2, 0) is 4.74 Å². The van der Waals surface area contributed by atoms with Crippen LogP contribution in [-0.4, -0.2) is 56.8 Å². The van der Waals surface area contributed by atoms with Gasteiger partial charge in [-0.15, -0.1) is 0 Å². The molecule has 18 heavy (non-hydrogen) atoms. The molecule has 4 N–H and O–H groups in total. The lowest BCUT2D eigenvalue weighted by Crippen LogP contribution is -2.36. The van der Waals surface area contributed by atoms with E-state index in [2.05, 4.69) is 10.3 Å². The molecule has 0 aliphatic carbocycles. The molecule has 0 unspecified atom stereocenters. The minimum atomic E-state index is -1.29. The monoisotopic (exact) mass is 257 g/mol. The van der Waals surface area contributed by atoms with Crippen molar-refractivity contribution in [1.29, 1.82) is 0 Å². The van der Waals surface area contributed by atoms with Crippen molar-refractivity contribution in [1.82, 2.24) is 9.55 Å². The smallest absolute Gasteiger partial charge is 0.351 e. The maximum atomic E-state index is 11.7. The van der Waals surface area contributed by atoms with Gasteiger partial charge in [0.05, 0.1) is 6.61 Å². The van der Waals surface area contributed by atoms with Gasteiger partial charge in [0.1, 0.15) is 24.1 Å². The average molecular weight is 257 g/mol. The average Bonchev–Trinajstić information content (AvgIpc) is 2.66. The Hall–Kier alpha value is -1.48. The Kier molecular flexibility index (Phi) is 3.62. The Morgan fingerprint density at radius 1 is 1.50 bits per heavy atom. The van der Waals surface area contributed by atoms with E-state index in [1.807, 2.05) is 0 Å². The normalized spacial score (nSPS) is 31.6. The number of ether oxygens (including phenoxy) is 1. The molecule has 2 heterocycles. The van der Waals surface area contributed by atoms with Crippen molar-refractivity contribution in [3.63, 3.8) is 0 Å². The Bertz CT molecular complexity index is 477. The molecule has 100 valence electrons. The fourth-order valence-corrected chi connectivity index (χ4v) is 1.86. The molecule has 0 saturated carbocycles. The predicted molar refractivity (Wildman–Crippen MR) is 61.1 cm³/mol. The third-order valence-electron chi connectivity index (χ3n) is 2.88. The van der Waals surface area contributed by atoms with Gasteiger partial charge in [-0.3, -0.25) is 4.57 Å². The molecule has 0 aromatic carbocycles. The Labute approximate surface area is 102 Å². The molecule has 1 aliphatic rings. The molecule has 8 nitrogen and oxygen atoms in total. The third-order valence-corrected chi connectivity index (χ3v) is 2.88. The van der Waals surface area contributed by atoms with E-state index in [4.69, 9.17) is 9.84 Å². The summed E-state index contributed by atoms with van der Waals surface area (Å²) in [6.45, 7) is -0.439. The zero-order valence-electron chi connectivity index (χ0n) is 9.72. The SMILES string of the molecule is CNc1ccn([C@@H]2O[C@H](CO)[C@H](O)[C@H]2O)c(=O)n1. The summed E-state index contributed by atoms with van der Waals surface area (Å²) in [5.41, 5.74) is -0.614. The predicted octanol–water partition coefficient (Wildman–Crippen LogP) is -2.10. The molecule has 0 spiro atoms. The second kappa shape index (κ2) is 5.02. The molecule has 1 saturated heterocycles. The second-order valence-corrected chi connectivity index (χ2v) is 3.98. The van der Waals surface area contributed by atoms with E-state index in [0.29, 0.717) is 5.82 Å². The lowest BCUT2D eigenvalue weighted by molar-refractivity contribution is -0.0549. The van der Waals surface area contributed by atoms with Gasteiger partial charge in [0.2, 0.25) is 0 Å². The van der Waals surface area contributed by atoms with E-state index in [1.54, 1.807) is 7.05 Å². The van der Waals surface area contributed by atoms with E-state index in [9.17, 15) is 15.0 Å². The highest BCUT2D eigenvalue weighted by atomic mass is 16.6. The maximum Gasteiger partial charge on any atom is 0.351 e. The standard InChI is InChI=1S/C10H15N3O5/c1-11-6-2-3-13(10(17)12-6)9-8(16)7(15)5(4-14)18-9/h2-3,5,7-9,14-16H,4H2,1H3,(H,11,12,17)/t5-,7+,8-,9-/m1/s1. The summed E-state index contributed by atoms with van der Waals surface area (Å²) in [4.78, 5) is 15.4. The van der Waals surface area contributed by atoms with Gasteiger partial charge in [-0.2, -0.15) is 4.98 Å². The molecule has 0 bridgehead atoms. The topological polar surface area (TPSA) is 117 Å². The van der Waals surface area contributed by atoms with Crippen LogP contribution in [0.2, 0.25) is 0 Å². The first kappa shape index (κ1) is 13.0. The fourth-order valence-electron chi connectivity index (χ4n) is 1.86. The number of nitrogens with one attached hydrogen (secondary N) is 1. The number of rotatable bonds is 3. The van der Waals surface area contributed by atoms with Crippen LogP contribution in [0.3, 0.4) is 0 Å². The van der Waals surface area contributed by atoms with Crippen molar-refractivity contribution in [2.24, 2.45) is 0 Å². The van der Waals surface area contributed by atoms with Crippen LogP contribution in [0.1, 0.15) is 6.23 Å². The van der Waals surface area contributed by atoms with Crippen molar-refractivity contribution in [3.8, 4) is 0 Å². The number of anilines is 1. The molecular weight excluding hydrogens is 242 g/mol. The van der Waals surface area contributed by atoms with Gasteiger partial charge in [-0.05, 0) is 6.07 Å². The maximum absolute atomic E-state index is 11.7. The molecule has 1 fully saturated rings. The quantitative estimate of drug-likeness (QED) is 0.490. The Morgan fingerprint density at radius 3 is 2.72 bits per heavy atom. The van der Waals surface area contributed by atoms with E-state index in [1.165, 1.54) is 12.3 Å². The Balaban J connectivity index is 2.30. The molecule has 4 atom stereocenters. The van der Waals surface area contributed by atoms with Gasteiger partial charge in [0, 0.05) is 13.2 Å². The van der Waals surface area contributed by atoms with Gasteiger partial charge >= 0.3 is 5.69 Å². The van der Waals surface area contributed by atoms with E-state index >= 15 is 0 Å². The highest BCUT2D eigenvalue weighted by Crippen LogP contribution is 2.27. The third kappa shape index (κ3) is 2.10. The highest BCUT2D eigenvalue weighted by Gasteiger charge is 2.43. The number of hydrogen-bond donors (Lipinski definition) is 4. The van der Waals surface area contributed by atoms with Gasteiger partial charge < -0.3 is 25.4 Å². The zero-order valence-corrected chi connectivity index (χ0v) is 9.72. The number of hydrogen-bond acceptors (Lipinski definition) is 7. The van der Waals surface area contributed by atoms with Gasteiger partial charge in [0.25, 0.3) is 0 Å². The number of aliphatic hydroxyl groups excluding tert-OH is 3. The largest absolute Gasteiger partial charge is 0.394 e. The van der Waals surface area contributed by atoms with Gasteiger partial charge in [-0.1, -0.05) is 0 Å². The molecule has 0 amide bonds. The summed E-state index contributed by atoms with van der Waals surface area (Å²) in [5.74, 6) is 0.392. The Morgan fingerprint density at radius 2 is 2.22 bits per heavy atom. The van der Waals surface area contributed by atoms with Crippen LogP contribution in [0.4, 0.5) is 5.82 Å². The number of nitrogens with zero attached hydrogens (tertiary/aromatic N) is 2. The van der Waals surface area contributed by atoms with Crippen molar-refractivity contribution in [2.45, 2.75) is 24.5 Å². The molecule has 1 aliphatic heterocycles. The van der Waals surface area contributed by atoms with Crippen LogP contribution in [0.15, 0.2) is 17.1 Å². The minimum absolute atomic E-state index is 0.392. The van der Waals surface area contributed by atoms with Crippen LogP contribution in [0.25, 0.3) is 0 Å². The lowest BCUT2D eigenvalue weighted by Gasteiger charge is -2.17. The molecular formula is C10H15N3O5. The minimum Gasteiger partial charge on any atom is -0.394 e. The highest BCUT2D eigenvalue weighted by molar-refractivity contribution is 5.30. The van der Waals surface area contributed by atoms with Crippen LogP contribution in [0.5, 0.6) is 0 Å². The summed E-state index contributed by atoms with van der Waals surface area (Å²) < 4.78 is 6.30. The summed E-state index contributed by atoms with van der Waals surface area (Å²) in [6.07, 6.45) is -3.09. The van der Waals surface area contributed by atoms with Crippen LogP contribution in [0, 0.1) is 0 Å². The summed E-state index contributed by atoms with van der Waals surface area (Å²) >= 11 is 0. The van der Waals surface area contributed by atoms with Gasteiger partial charge in [-0.25, -0.2) is 4.79 Å². The van der Waals surface area contributed by atoms with Crippen LogP contribution < -0.4 is 11.0 Å². The van der Waals surface area contributed by atoms with E-state index in [-0.39, 0.29) is 0 Å².